The van der Waals surface area contributed by atoms with Gasteiger partial charge in [0.05, 0.1) is 5.69 Å². The summed E-state index contributed by atoms with van der Waals surface area (Å²) >= 11 is 1.43. The van der Waals surface area contributed by atoms with Gasteiger partial charge in [-0.1, -0.05) is 0 Å². The fourth-order valence-corrected chi connectivity index (χ4v) is 1.40. The van der Waals surface area contributed by atoms with Gasteiger partial charge >= 0.3 is 5.97 Å². The Labute approximate surface area is 79.7 Å². The zero-order chi connectivity index (χ0) is 9.84. The van der Waals surface area contributed by atoms with Crippen LogP contribution in [0.15, 0.2) is 11.0 Å². The van der Waals surface area contributed by atoms with Crippen molar-refractivity contribution < 1.29 is 9.90 Å². The minimum Gasteiger partial charge on any atom is -0.478 e. The van der Waals surface area contributed by atoms with Gasteiger partial charge in [0.25, 0.3) is 0 Å². The molecule has 70 valence electrons. The van der Waals surface area contributed by atoms with Gasteiger partial charge in [-0.3, -0.25) is 0 Å². The minimum atomic E-state index is -0.928. The van der Waals surface area contributed by atoms with Crippen LogP contribution in [0, 0.1) is 0 Å². The van der Waals surface area contributed by atoms with E-state index in [1.807, 2.05) is 0 Å². The number of aromatic nitrogens is 1. The third kappa shape index (κ3) is 2.64. The molecule has 0 fully saturated rings. The largest absolute Gasteiger partial charge is 0.478 e. The van der Waals surface area contributed by atoms with E-state index in [0.717, 1.165) is 5.01 Å². The maximum atomic E-state index is 10.5. The van der Waals surface area contributed by atoms with Crippen LogP contribution in [0.3, 0.4) is 0 Å². The van der Waals surface area contributed by atoms with Gasteiger partial charge in [0.15, 0.2) is 0 Å². The van der Waals surface area contributed by atoms with Crippen molar-refractivity contribution in [2.75, 3.05) is 0 Å². The molecular weight excluding hydrogens is 188 g/mol. The summed E-state index contributed by atoms with van der Waals surface area (Å²) in [6.07, 6.45) is 1.53. The summed E-state index contributed by atoms with van der Waals surface area (Å²) in [6, 6.07) is 0. The molecule has 0 aliphatic rings. The number of aliphatic carboxylic acids is 1. The Balaban J connectivity index is 2.84. The lowest BCUT2D eigenvalue weighted by Crippen LogP contribution is -1.96. The summed E-state index contributed by atoms with van der Waals surface area (Å²) in [5, 5.41) is 11.2. The van der Waals surface area contributed by atoms with Crippen LogP contribution in [0.2, 0.25) is 0 Å². The highest BCUT2D eigenvalue weighted by molar-refractivity contribution is 7.09. The Morgan fingerprint density at radius 3 is 3.00 bits per heavy atom. The molecule has 1 aromatic heterocycles. The first-order valence-electron chi connectivity index (χ1n) is 3.69. The average molecular weight is 198 g/mol. The Kier molecular flexibility index (Phi) is 3.16. The van der Waals surface area contributed by atoms with Crippen molar-refractivity contribution in [1.82, 2.24) is 4.98 Å². The number of thiazole rings is 1. The second-order valence-corrected chi connectivity index (χ2v) is 3.45. The minimum absolute atomic E-state index is 0.272. The van der Waals surface area contributed by atoms with Crippen LogP contribution in [-0.4, -0.2) is 16.1 Å². The van der Waals surface area contributed by atoms with Crippen molar-refractivity contribution in [1.29, 1.82) is 0 Å². The molecule has 1 aromatic rings. The highest BCUT2D eigenvalue weighted by Crippen LogP contribution is 2.12. The summed E-state index contributed by atoms with van der Waals surface area (Å²) in [5.41, 5.74) is 6.29. The van der Waals surface area contributed by atoms with Crippen LogP contribution in [0.5, 0.6) is 0 Å². The normalized spacial score (nSPS) is 11.7. The number of rotatable bonds is 3. The molecule has 13 heavy (non-hydrogen) atoms. The topological polar surface area (TPSA) is 76.2 Å². The molecular formula is C8H10N2O2S. The van der Waals surface area contributed by atoms with Gasteiger partial charge in [-0.05, 0) is 13.0 Å². The predicted octanol–water partition coefficient (Wildman–Crippen LogP) is 1.09. The molecule has 0 saturated carbocycles. The zero-order valence-corrected chi connectivity index (χ0v) is 7.97. The molecule has 0 aliphatic carbocycles. The van der Waals surface area contributed by atoms with E-state index >= 15 is 0 Å². The molecule has 0 saturated heterocycles. The number of carboxylic acid groups (broad SMARTS) is 1. The highest BCUT2D eigenvalue weighted by atomic mass is 32.1. The summed E-state index contributed by atoms with van der Waals surface area (Å²) in [6.45, 7) is 1.93. The molecule has 1 heterocycles. The monoisotopic (exact) mass is 198 g/mol. The van der Waals surface area contributed by atoms with Crippen molar-refractivity contribution in [2.45, 2.75) is 13.5 Å². The number of hydrogen-bond acceptors (Lipinski definition) is 4. The Hall–Kier alpha value is -1.20. The first-order chi connectivity index (χ1) is 6.13. The summed E-state index contributed by atoms with van der Waals surface area (Å²) in [5.74, 6) is -0.928. The van der Waals surface area contributed by atoms with Crippen LogP contribution in [0.4, 0.5) is 0 Å². The van der Waals surface area contributed by atoms with Gasteiger partial charge < -0.3 is 10.8 Å². The first kappa shape index (κ1) is 9.88. The maximum Gasteiger partial charge on any atom is 0.331 e. The van der Waals surface area contributed by atoms with Gasteiger partial charge in [0.2, 0.25) is 0 Å². The van der Waals surface area contributed by atoms with Gasteiger partial charge in [-0.2, -0.15) is 0 Å². The van der Waals surface area contributed by atoms with E-state index in [2.05, 4.69) is 4.98 Å². The number of hydrogen-bond donors (Lipinski definition) is 2. The smallest absolute Gasteiger partial charge is 0.331 e. The van der Waals surface area contributed by atoms with Crippen LogP contribution in [-0.2, 0) is 11.3 Å². The first-order valence-corrected chi connectivity index (χ1v) is 4.57. The highest BCUT2D eigenvalue weighted by Gasteiger charge is 2.02. The molecule has 0 unspecified atom stereocenters. The lowest BCUT2D eigenvalue weighted by molar-refractivity contribution is -0.132. The van der Waals surface area contributed by atoms with Crippen LogP contribution in [0.1, 0.15) is 17.6 Å². The van der Waals surface area contributed by atoms with Crippen LogP contribution < -0.4 is 5.73 Å². The van der Waals surface area contributed by atoms with E-state index in [-0.39, 0.29) is 5.57 Å². The average Bonchev–Trinajstić information content (AvgIpc) is 2.52. The number of nitrogens with two attached hydrogens (primary N) is 1. The van der Waals surface area contributed by atoms with E-state index in [1.54, 1.807) is 5.38 Å². The molecule has 3 N–H and O–H groups in total. The van der Waals surface area contributed by atoms with Crippen molar-refractivity contribution in [3.05, 3.63) is 21.7 Å². The number of nitrogens with zero attached hydrogens (tertiary/aromatic N) is 1. The van der Waals surface area contributed by atoms with Crippen LogP contribution >= 0.6 is 11.3 Å². The third-order valence-corrected chi connectivity index (χ3v) is 2.34. The van der Waals surface area contributed by atoms with Gasteiger partial charge in [-0.25, -0.2) is 9.78 Å². The molecule has 0 aromatic carbocycles. The number of carbonyl (C=O) groups is 1. The number of carboxylic acids is 1. The molecule has 0 spiro atoms. The van der Waals surface area contributed by atoms with Gasteiger partial charge in [0.1, 0.15) is 5.01 Å². The molecule has 0 amide bonds. The van der Waals surface area contributed by atoms with Crippen LogP contribution in [0.25, 0.3) is 6.08 Å². The Morgan fingerprint density at radius 1 is 1.85 bits per heavy atom. The van der Waals surface area contributed by atoms with Crippen molar-refractivity contribution in [3.63, 3.8) is 0 Å². The SMILES string of the molecule is C/C(=C\c1csc(CN)n1)C(=O)O. The fourth-order valence-electron chi connectivity index (χ4n) is 0.769. The summed E-state index contributed by atoms with van der Waals surface area (Å²) in [7, 11) is 0. The molecule has 0 aliphatic heterocycles. The Bertz CT molecular complexity index is 344. The second-order valence-electron chi connectivity index (χ2n) is 2.50. The van der Waals surface area contributed by atoms with E-state index in [9.17, 15) is 4.79 Å². The van der Waals surface area contributed by atoms with Crippen molar-refractivity contribution in [3.8, 4) is 0 Å². The van der Waals surface area contributed by atoms with Gasteiger partial charge in [0, 0.05) is 17.5 Å². The quantitative estimate of drug-likeness (QED) is 0.713. The molecule has 4 nitrogen and oxygen atoms in total. The molecule has 1 rings (SSSR count). The molecule has 0 bridgehead atoms. The maximum absolute atomic E-state index is 10.5. The summed E-state index contributed by atoms with van der Waals surface area (Å²) < 4.78 is 0. The van der Waals surface area contributed by atoms with Crippen molar-refractivity contribution >= 4 is 23.4 Å². The summed E-state index contributed by atoms with van der Waals surface area (Å²) in [4.78, 5) is 14.6. The predicted molar refractivity (Wildman–Crippen MR) is 51.3 cm³/mol. The lowest BCUT2D eigenvalue weighted by Gasteiger charge is -1.89. The van der Waals surface area contributed by atoms with Gasteiger partial charge in [-0.15, -0.1) is 11.3 Å². The van der Waals surface area contributed by atoms with E-state index in [4.69, 9.17) is 10.8 Å². The fraction of sp³-hybridized carbons (Fsp3) is 0.250. The van der Waals surface area contributed by atoms with Crippen molar-refractivity contribution in [2.24, 2.45) is 5.73 Å². The van der Waals surface area contributed by atoms with E-state index in [1.165, 1.54) is 24.3 Å². The Morgan fingerprint density at radius 2 is 2.54 bits per heavy atom. The third-order valence-electron chi connectivity index (χ3n) is 1.45. The standard InChI is InChI=1S/C8H10N2O2S/c1-5(8(11)12)2-6-4-13-7(3-9)10-6/h2,4H,3,9H2,1H3,(H,11,12)/b5-2+. The molecule has 5 heteroatoms. The second kappa shape index (κ2) is 4.15. The van der Waals surface area contributed by atoms with E-state index in [0.29, 0.717) is 12.2 Å². The lowest BCUT2D eigenvalue weighted by atomic mass is 10.2. The molecule has 0 atom stereocenters. The zero-order valence-electron chi connectivity index (χ0n) is 7.15. The van der Waals surface area contributed by atoms with E-state index < -0.39 is 5.97 Å². The molecule has 0 radical (unpaired) electrons.